The minimum atomic E-state index is -0.894. The summed E-state index contributed by atoms with van der Waals surface area (Å²) in [6, 6.07) is 2.75. The molecule has 0 aromatic carbocycles. The van der Waals surface area contributed by atoms with Gasteiger partial charge in [-0.15, -0.1) is 0 Å². The molecule has 1 rings (SSSR count). The Balaban J connectivity index is 2.49. The first kappa shape index (κ1) is 13.5. The van der Waals surface area contributed by atoms with Crippen LogP contribution in [0.1, 0.15) is 10.4 Å². The summed E-state index contributed by atoms with van der Waals surface area (Å²) in [5.74, 6) is -0.399. The Morgan fingerprint density at radius 1 is 1.35 bits per heavy atom. The number of rotatable bonds is 4. The van der Waals surface area contributed by atoms with Crippen LogP contribution in [0.3, 0.4) is 0 Å². The van der Waals surface area contributed by atoms with Gasteiger partial charge in [-0.3, -0.25) is 4.79 Å². The lowest BCUT2D eigenvalue weighted by atomic mass is 10.2. The highest BCUT2D eigenvalue weighted by Gasteiger charge is 2.08. The van der Waals surface area contributed by atoms with Crippen LogP contribution in [0.15, 0.2) is 12.1 Å². The highest BCUT2D eigenvalue weighted by molar-refractivity contribution is 6.33. The van der Waals surface area contributed by atoms with Crippen molar-refractivity contribution in [2.45, 2.75) is 0 Å². The van der Waals surface area contributed by atoms with Crippen LogP contribution in [0, 0.1) is 0 Å². The molecule has 17 heavy (non-hydrogen) atoms. The molecule has 0 aliphatic heterocycles. The number of pyridine rings is 1. The maximum Gasteiger partial charge on any atom is 0.404 e. The molecule has 0 aliphatic carbocycles. The van der Waals surface area contributed by atoms with E-state index in [0.717, 1.165) is 0 Å². The zero-order valence-electron chi connectivity index (χ0n) is 8.57. The van der Waals surface area contributed by atoms with Gasteiger partial charge in [0.05, 0.1) is 6.54 Å². The number of nitrogens with two attached hydrogens (primary N) is 1. The quantitative estimate of drug-likeness (QED) is 0.639. The zero-order valence-corrected chi connectivity index (χ0v) is 10.1. The summed E-state index contributed by atoms with van der Waals surface area (Å²) in [6.45, 7) is 0.132. The molecular weight excluding hydrogens is 269 g/mol. The van der Waals surface area contributed by atoms with Crippen molar-refractivity contribution < 1.29 is 14.3 Å². The van der Waals surface area contributed by atoms with Crippen LogP contribution in [0.5, 0.6) is 0 Å². The van der Waals surface area contributed by atoms with Gasteiger partial charge in [0.1, 0.15) is 16.9 Å². The van der Waals surface area contributed by atoms with Crippen LogP contribution in [-0.2, 0) is 4.74 Å². The monoisotopic (exact) mass is 277 g/mol. The first-order chi connectivity index (χ1) is 7.99. The van der Waals surface area contributed by atoms with E-state index in [-0.39, 0.29) is 29.0 Å². The van der Waals surface area contributed by atoms with E-state index in [9.17, 15) is 9.59 Å². The van der Waals surface area contributed by atoms with Crippen LogP contribution in [-0.4, -0.2) is 30.1 Å². The van der Waals surface area contributed by atoms with E-state index < -0.39 is 12.0 Å². The molecule has 0 atom stereocenters. The van der Waals surface area contributed by atoms with Gasteiger partial charge in [-0.2, -0.15) is 0 Å². The number of hydrogen-bond donors (Lipinski definition) is 2. The van der Waals surface area contributed by atoms with Crippen molar-refractivity contribution in [3.63, 3.8) is 0 Å². The summed E-state index contributed by atoms with van der Waals surface area (Å²) in [5.41, 5.74) is 5.02. The highest BCUT2D eigenvalue weighted by Crippen LogP contribution is 2.14. The van der Waals surface area contributed by atoms with E-state index >= 15 is 0 Å². The SMILES string of the molecule is NC(=O)OCCNC(=O)c1cc(Cl)nc(Cl)c1. The van der Waals surface area contributed by atoms with Crippen molar-refractivity contribution in [1.82, 2.24) is 10.3 Å². The van der Waals surface area contributed by atoms with Gasteiger partial charge in [0.15, 0.2) is 0 Å². The topological polar surface area (TPSA) is 94.3 Å². The van der Waals surface area contributed by atoms with Crippen LogP contribution in [0.2, 0.25) is 10.3 Å². The molecule has 92 valence electrons. The number of carbonyl (C=O) groups is 2. The van der Waals surface area contributed by atoms with Crippen molar-refractivity contribution in [1.29, 1.82) is 0 Å². The summed E-state index contributed by atoms with van der Waals surface area (Å²) >= 11 is 11.3. The van der Waals surface area contributed by atoms with Gasteiger partial charge in [-0.05, 0) is 12.1 Å². The molecule has 0 spiro atoms. The summed E-state index contributed by atoms with van der Waals surface area (Å²) in [4.78, 5) is 25.5. The molecule has 0 aliphatic rings. The Morgan fingerprint density at radius 2 is 1.94 bits per heavy atom. The van der Waals surface area contributed by atoms with Gasteiger partial charge in [-0.25, -0.2) is 9.78 Å². The van der Waals surface area contributed by atoms with Gasteiger partial charge < -0.3 is 15.8 Å². The molecule has 0 saturated carbocycles. The first-order valence-electron chi connectivity index (χ1n) is 4.52. The van der Waals surface area contributed by atoms with Crippen molar-refractivity contribution in [2.75, 3.05) is 13.2 Å². The number of ether oxygens (including phenoxy) is 1. The number of halogens is 2. The Bertz CT molecular complexity index is 419. The predicted octanol–water partition coefficient (Wildman–Crippen LogP) is 1.21. The zero-order chi connectivity index (χ0) is 12.8. The largest absolute Gasteiger partial charge is 0.448 e. The molecule has 1 aromatic heterocycles. The van der Waals surface area contributed by atoms with Gasteiger partial charge in [0.25, 0.3) is 5.91 Å². The molecular formula is C9H9Cl2N3O3. The molecule has 3 N–H and O–H groups in total. The van der Waals surface area contributed by atoms with E-state index in [2.05, 4.69) is 15.0 Å². The number of aromatic nitrogens is 1. The third-order valence-electron chi connectivity index (χ3n) is 1.66. The van der Waals surface area contributed by atoms with Crippen molar-refractivity contribution in [3.05, 3.63) is 28.0 Å². The molecule has 2 amide bonds. The summed E-state index contributed by atoms with van der Waals surface area (Å²) in [6.07, 6.45) is -0.894. The number of carbonyl (C=O) groups excluding carboxylic acids is 2. The van der Waals surface area contributed by atoms with Gasteiger partial charge in [-0.1, -0.05) is 23.2 Å². The molecule has 0 fully saturated rings. The van der Waals surface area contributed by atoms with Gasteiger partial charge >= 0.3 is 6.09 Å². The molecule has 8 heteroatoms. The lowest BCUT2D eigenvalue weighted by Gasteiger charge is -2.05. The Kier molecular flexibility index (Phi) is 4.99. The lowest BCUT2D eigenvalue weighted by molar-refractivity contribution is 0.0936. The average molecular weight is 278 g/mol. The molecule has 1 aromatic rings. The smallest absolute Gasteiger partial charge is 0.404 e. The van der Waals surface area contributed by atoms with E-state index in [0.29, 0.717) is 0 Å². The summed E-state index contributed by atoms with van der Waals surface area (Å²) in [5, 5.41) is 2.73. The fraction of sp³-hybridized carbons (Fsp3) is 0.222. The third-order valence-corrected chi connectivity index (χ3v) is 2.04. The van der Waals surface area contributed by atoms with Crippen molar-refractivity contribution >= 4 is 35.2 Å². The third kappa shape index (κ3) is 4.88. The van der Waals surface area contributed by atoms with E-state index in [4.69, 9.17) is 28.9 Å². The molecule has 6 nitrogen and oxygen atoms in total. The first-order valence-corrected chi connectivity index (χ1v) is 5.28. The Hall–Kier alpha value is -1.53. The second kappa shape index (κ2) is 6.27. The molecule has 0 bridgehead atoms. The van der Waals surface area contributed by atoms with E-state index in [1.165, 1.54) is 12.1 Å². The molecule has 0 unspecified atom stereocenters. The number of hydrogen-bond acceptors (Lipinski definition) is 4. The minimum Gasteiger partial charge on any atom is -0.448 e. The van der Waals surface area contributed by atoms with E-state index in [1.807, 2.05) is 0 Å². The van der Waals surface area contributed by atoms with E-state index in [1.54, 1.807) is 0 Å². The second-order valence-corrected chi connectivity index (χ2v) is 3.70. The van der Waals surface area contributed by atoms with Gasteiger partial charge in [0.2, 0.25) is 0 Å². The van der Waals surface area contributed by atoms with Crippen LogP contribution in [0.25, 0.3) is 0 Å². The second-order valence-electron chi connectivity index (χ2n) is 2.92. The fourth-order valence-corrected chi connectivity index (χ4v) is 1.47. The maximum atomic E-state index is 11.6. The summed E-state index contributed by atoms with van der Waals surface area (Å²) in [7, 11) is 0. The fourth-order valence-electron chi connectivity index (χ4n) is 1.01. The molecule has 1 heterocycles. The van der Waals surface area contributed by atoms with Crippen LogP contribution >= 0.6 is 23.2 Å². The van der Waals surface area contributed by atoms with Crippen molar-refractivity contribution in [2.24, 2.45) is 5.73 Å². The lowest BCUT2D eigenvalue weighted by Crippen LogP contribution is -2.29. The standard InChI is InChI=1S/C9H9Cl2N3O3/c10-6-3-5(4-7(11)14-6)8(15)13-1-2-17-9(12)16/h3-4H,1-2H2,(H2,12,16)(H,13,15). The predicted molar refractivity (Wildman–Crippen MR) is 62.1 cm³/mol. The maximum absolute atomic E-state index is 11.6. The molecule has 0 saturated heterocycles. The van der Waals surface area contributed by atoms with Crippen molar-refractivity contribution in [3.8, 4) is 0 Å². The van der Waals surface area contributed by atoms with Crippen LogP contribution < -0.4 is 11.1 Å². The Morgan fingerprint density at radius 3 is 2.47 bits per heavy atom. The summed E-state index contributed by atoms with van der Waals surface area (Å²) < 4.78 is 4.44. The number of nitrogens with one attached hydrogen (secondary N) is 1. The molecule has 0 radical (unpaired) electrons. The normalized spacial score (nSPS) is 9.76. The van der Waals surface area contributed by atoms with Crippen LogP contribution in [0.4, 0.5) is 4.79 Å². The Labute approximate surface area is 107 Å². The minimum absolute atomic E-state index is 0.00633. The number of primary amides is 1. The average Bonchev–Trinajstić information content (AvgIpc) is 2.22. The number of nitrogens with zero attached hydrogens (tertiary/aromatic N) is 1. The van der Waals surface area contributed by atoms with Gasteiger partial charge in [0, 0.05) is 5.56 Å². The highest BCUT2D eigenvalue weighted by atomic mass is 35.5. The number of amides is 2.